The van der Waals surface area contributed by atoms with E-state index in [-0.39, 0.29) is 16.7 Å². The van der Waals surface area contributed by atoms with E-state index in [0.717, 1.165) is 42.7 Å². The van der Waals surface area contributed by atoms with Crippen LogP contribution in [-0.4, -0.2) is 38.4 Å². The van der Waals surface area contributed by atoms with Crippen molar-refractivity contribution in [2.75, 3.05) is 13.1 Å². The maximum Gasteiger partial charge on any atom is 0.271 e. The van der Waals surface area contributed by atoms with Crippen molar-refractivity contribution in [2.45, 2.75) is 25.6 Å². The van der Waals surface area contributed by atoms with Crippen LogP contribution in [0.1, 0.15) is 12.8 Å². The molecular formula is C19H21N4O3S+. The van der Waals surface area contributed by atoms with E-state index in [1.165, 1.54) is 11.0 Å². The van der Waals surface area contributed by atoms with Gasteiger partial charge in [0.2, 0.25) is 0 Å². The van der Waals surface area contributed by atoms with E-state index < -0.39 is 0 Å². The predicted molar refractivity (Wildman–Crippen MR) is 105 cm³/mol. The number of likely N-dealkylation sites (tertiary alicyclic amines) is 1. The molecule has 8 heteroatoms. The van der Waals surface area contributed by atoms with Gasteiger partial charge in [-0.2, -0.15) is 0 Å². The third-order valence-electron chi connectivity index (χ3n) is 5.18. The van der Waals surface area contributed by atoms with E-state index in [2.05, 4.69) is 0 Å². The van der Waals surface area contributed by atoms with Crippen molar-refractivity contribution in [1.29, 1.82) is 0 Å². The van der Waals surface area contributed by atoms with E-state index in [4.69, 9.17) is 12.2 Å². The molecule has 0 atom stereocenters. The molecule has 1 saturated heterocycles. The molecular weight excluding hydrogens is 364 g/mol. The lowest BCUT2D eigenvalue weighted by Crippen LogP contribution is -3.12. The van der Waals surface area contributed by atoms with Gasteiger partial charge in [0.25, 0.3) is 5.69 Å². The molecule has 1 fully saturated rings. The number of nitrogens with zero attached hydrogens (tertiary/aromatic N) is 3. The zero-order valence-electron chi connectivity index (χ0n) is 14.7. The lowest BCUT2D eigenvalue weighted by Gasteiger charge is -2.26. The molecule has 4 rings (SSSR count). The lowest BCUT2D eigenvalue weighted by molar-refractivity contribution is -0.928. The van der Waals surface area contributed by atoms with Gasteiger partial charge in [0, 0.05) is 30.7 Å². The first-order valence-corrected chi connectivity index (χ1v) is 9.42. The molecule has 0 aliphatic carbocycles. The van der Waals surface area contributed by atoms with E-state index in [1.54, 1.807) is 12.1 Å². The zero-order chi connectivity index (χ0) is 19.0. The summed E-state index contributed by atoms with van der Waals surface area (Å²) in [5.74, 6) is 0. The number of aromatic nitrogens is 2. The van der Waals surface area contributed by atoms with E-state index in [1.807, 2.05) is 39.5 Å². The molecule has 0 spiro atoms. The van der Waals surface area contributed by atoms with Gasteiger partial charge >= 0.3 is 0 Å². The van der Waals surface area contributed by atoms with E-state index >= 15 is 0 Å². The average Bonchev–Trinajstić information content (AvgIpc) is 2.95. The molecule has 1 aliphatic heterocycles. The molecule has 0 saturated carbocycles. The summed E-state index contributed by atoms with van der Waals surface area (Å²) in [6.45, 7) is 2.34. The smallest absolute Gasteiger partial charge is 0.271 e. The third kappa shape index (κ3) is 3.39. The predicted octanol–water partition coefficient (Wildman–Crippen LogP) is 2.07. The highest BCUT2D eigenvalue weighted by Crippen LogP contribution is 2.26. The van der Waals surface area contributed by atoms with Crippen LogP contribution >= 0.6 is 12.2 Å². The molecule has 0 unspecified atom stereocenters. The molecule has 0 radical (unpaired) electrons. The quantitative estimate of drug-likeness (QED) is 0.409. The molecule has 3 aromatic rings. The van der Waals surface area contributed by atoms with E-state index in [0.29, 0.717) is 11.4 Å². The van der Waals surface area contributed by atoms with Crippen molar-refractivity contribution in [3.05, 3.63) is 63.4 Å². The van der Waals surface area contributed by atoms with Crippen LogP contribution in [0.4, 0.5) is 5.69 Å². The summed E-state index contributed by atoms with van der Waals surface area (Å²) in [7, 11) is 0. The van der Waals surface area contributed by atoms with Crippen LogP contribution in [0, 0.1) is 14.9 Å². The number of aliphatic hydroxyl groups is 1. The maximum absolute atomic E-state index is 11.3. The number of fused-ring (bicyclic) bond motifs is 1. The summed E-state index contributed by atoms with van der Waals surface area (Å²) >= 11 is 5.77. The SMILES string of the molecule is O=[N+]([O-])c1ccc2c(c1)n(C[NH+]1CCC(O)CC1)c(=S)n2-c1ccccc1. The minimum atomic E-state index is -0.378. The molecule has 2 N–H and O–H groups in total. The van der Waals surface area contributed by atoms with Crippen LogP contribution in [0.2, 0.25) is 0 Å². The van der Waals surface area contributed by atoms with Gasteiger partial charge in [-0.05, 0) is 30.4 Å². The second-order valence-electron chi connectivity index (χ2n) is 6.95. The second-order valence-corrected chi connectivity index (χ2v) is 7.32. The van der Waals surface area contributed by atoms with Gasteiger partial charge < -0.3 is 10.0 Å². The fourth-order valence-electron chi connectivity index (χ4n) is 3.73. The largest absolute Gasteiger partial charge is 0.393 e. The summed E-state index contributed by atoms with van der Waals surface area (Å²) in [6.07, 6.45) is 1.30. The van der Waals surface area contributed by atoms with Crippen molar-refractivity contribution in [2.24, 2.45) is 0 Å². The topological polar surface area (TPSA) is 77.7 Å². The Bertz CT molecular complexity index is 1040. The highest BCUT2D eigenvalue weighted by molar-refractivity contribution is 7.71. The van der Waals surface area contributed by atoms with Crippen molar-refractivity contribution in [3.8, 4) is 5.69 Å². The highest BCUT2D eigenvalue weighted by atomic mass is 32.1. The number of piperidine rings is 1. The zero-order valence-corrected chi connectivity index (χ0v) is 15.6. The maximum atomic E-state index is 11.3. The Kier molecular flexibility index (Phi) is 4.77. The summed E-state index contributed by atoms with van der Waals surface area (Å²) in [5, 5.41) is 21.0. The molecule has 0 amide bonds. The van der Waals surface area contributed by atoms with Gasteiger partial charge in [0.05, 0.1) is 35.2 Å². The first-order valence-electron chi connectivity index (χ1n) is 9.01. The van der Waals surface area contributed by atoms with Gasteiger partial charge in [-0.15, -0.1) is 0 Å². The van der Waals surface area contributed by atoms with Crippen molar-refractivity contribution >= 4 is 28.9 Å². The highest BCUT2D eigenvalue weighted by Gasteiger charge is 2.23. The van der Waals surface area contributed by atoms with Crippen molar-refractivity contribution < 1.29 is 14.9 Å². The molecule has 7 nitrogen and oxygen atoms in total. The molecule has 2 aromatic carbocycles. The van der Waals surface area contributed by atoms with Crippen molar-refractivity contribution in [3.63, 3.8) is 0 Å². The molecule has 0 bridgehead atoms. The number of nitrogens with one attached hydrogen (secondary N) is 1. The van der Waals surface area contributed by atoms with E-state index in [9.17, 15) is 15.2 Å². The molecule has 1 aliphatic rings. The Hall–Kier alpha value is -2.55. The number of hydrogen-bond acceptors (Lipinski definition) is 4. The number of non-ortho nitro benzene ring substituents is 1. The number of imidazole rings is 1. The number of rotatable bonds is 4. The van der Waals surface area contributed by atoms with Gasteiger partial charge in [-0.3, -0.25) is 19.2 Å². The monoisotopic (exact) mass is 385 g/mol. The Morgan fingerprint density at radius 1 is 1.15 bits per heavy atom. The summed E-state index contributed by atoms with van der Waals surface area (Å²) in [6, 6.07) is 14.7. The third-order valence-corrected chi connectivity index (χ3v) is 5.59. The summed E-state index contributed by atoms with van der Waals surface area (Å²) < 4.78 is 4.57. The number of benzene rings is 2. The van der Waals surface area contributed by atoms with Crippen LogP contribution in [0.3, 0.4) is 0 Å². The summed E-state index contributed by atoms with van der Waals surface area (Å²) in [4.78, 5) is 12.2. The Morgan fingerprint density at radius 2 is 1.85 bits per heavy atom. The number of nitro groups is 1. The number of nitro benzene ring substituents is 1. The van der Waals surface area contributed by atoms with Crippen molar-refractivity contribution in [1.82, 2.24) is 9.13 Å². The van der Waals surface area contributed by atoms with Crippen LogP contribution in [0.25, 0.3) is 16.7 Å². The Morgan fingerprint density at radius 3 is 2.52 bits per heavy atom. The minimum Gasteiger partial charge on any atom is -0.393 e. The van der Waals surface area contributed by atoms with Gasteiger partial charge in [-0.25, -0.2) is 0 Å². The van der Waals surface area contributed by atoms with Gasteiger partial charge in [-0.1, -0.05) is 18.2 Å². The van der Waals surface area contributed by atoms with Crippen LogP contribution in [0.5, 0.6) is 0 Å². The minimum absolute atomic E-state index is 0.0560. The Balaban J connectivity index is 1.85. The molecule has 2 heterocycles. The molecule has 27 heavy (non-hydrogen) atoms. The fourth-order valence-corrected chi connectivity index (χ4v) is 4.10. The number of hydrogen-bond donors (Lipinski definition) is 2. The molecule has 140 valence electrons. The molecule has 1 aromatic heterocycles. The first-order chi connectivity index (χ1) is 13.0. The Labute approximate surface area is 161 Å². The normalized spacial score (nSPS) is 20.0. The fraction of sp³-hybridized carbons (Fsp3) is 0.316. The average molecular weight is 385 g/mol. The second kappa shape index (κ2) is 7.22. The summed E-state index contributed by atoms with van der Waals surface area (Å²) in [5.41, 5.74) is 2.61. The number of aliphatic hydroxyl groups excluding tert-OH is 1. The standard InChI is InChI=1S/C19H20N4O3S/c24-16-8-10-20(11-9-16)13-21-18-12-15(23(25)26)6-7-17(18)22(19(21)27)14-4-2-1-3-5-14/h1-7,12,16,24H,8-11,13H2/p+1. The number of quaternary nitrogens is 1. The van der Waals surface area contributed by atoms with Crippen LogP contribution in [0.15, 0.2) is 48.5 Å². The van der Waals surface area contributed by atoms with Gasteiger partial charge in [0.15, 0.2) is 11.4 Å². The van der Waals surface area contributed by atoms with Gasteiger partial charge in [0.1, 0.15) is 0 Å². The number of para-hydroxylation sites is 1. The van der Waals surface area contributed by atoms with Crippen LogP contribution < -0.4 is 4.90 Å². The lowest BCUT2D eigenvalue weighted by atomic mass is 10.1. The first kappa shape index (κ1) is 17.8. The van der Waals surface area contributed by atoms with Crippen LogP contribution in [-0.2, 0) is 6.67 Å².